The van der Waals surface area contributed by atoms with E-state index in [-0.39, 0.29) is 6.42 Å². The summed E-state index contributed by atoms with van der Waals surface area (Å²) in [6.07, 6.45) is 9.05. The molecule has 1 atom stereocenters. The Labute approximate surface area is 157 Å². The molecule has 4 nitrogen and oxygen atoms in total. The molecule has 26 heavy (non-hydrogen) atoms. The molecule has 0 aliphatic rings. The first-order valence-corrected chi connectivity index (χ1v) is 9.83. The lowest BCUT2D eigenvalue weighted by molar-refractivity contribution is -0.147. The van der Waals surface area contributed by atoms with Crippen LogP contribution in [0.3, 0.4) is 0 Å². The molecule has 0 amide bonds. The summed E-state index contributed by atoms with van der Waals surface area (Å²) in [6, 6.07) is 10.5. The van der Waals surface area contributed by atoms with Gasteiger partial charge in [0.15, 0.2) is 0 Å². The third-order valence-electron chi connectivity index (χ3n) is 5.15. The molecule has 4 heteroatoms. The highest BCUT2D eigenvalue weighted by Crippen LogP contribution is 2.30. The van der Waals surface area contributed by atoms with Gasteiger partial charge in [0.2, 0.25) is 0 Å². The minimum Gasteiger partial charge on any atom is -0.481 e. The zero-order valence-electron chi connectivity index (χ0n) is 16.2. The Balaban J connectivity index is 2.40. The minimum absolute atomic E-state index is 0.265. The van der Waals surface area contributed by atoms with Crippen molar-refractivity contribution in [3.63, 3.8) is 0 Å². The summed E-state index contributed by atoms with van der Waals surface area (Å²) in [4.78, 5) is 21.8. The zero-order chi connectivity index (χ0) is 19.4. The van der Waals surface area contributed by atoms with Crippen LogP contribution in [-0.4, -0.2) is 22.2 Å². The fraction of sp³-hybridized carbons (Fsp3) is 0.636. The van der Waals surface area contributed by atoms with Gasteiger partial charge in [-0.15, -0.1) is 0 Å². The lowest BCUT2D eigenvalue weighted by atomic mass is 9.84. The number of unbranched alkanes of at least 4 members (excludes halogenated alkanes) is 4. The van der Waals surface area contributed by atoms with Gasteiger partial charge in [-0.25, -0.2) is 0 Å². The van der Waals surface area contributed by atoms with E-state index >= 15 is 0 Å². The summed E-state index contributed by atoms with van der Waals surface area (Å²) in [5.41, 5.74) is 0.711. The van der Waals surface area contributed by atoms with E-state index in [4.69, 9.17) is 5.11 Å². The van der Waals surface area contributed by atoms with Gasteiger partial charge in [-0.2, -0.15) is 0 Å². The van der Waals surface area contributed by atoms with E-state index in [9.17, 15) is 14.7 Å². The molecule has 0 fully saturated rings. The van der Waals surface area contributed by atoms with Crippen LogP contribution in [-0.2, 0) is 9.59 Å². The predicted octanol–water partition coefficient (Wildman–Crippen LogP) is 5.87. The highest BCUT2D eigenvalue weighted by molar-refractivity contribution is 5.73. The van der Waals surface area contributed by atoms with Crippen molar-refractivity contribution in [2.75, 3.05) is 0 Å². The topological polar surface area (TPSA) is 74.6 Å². The van der Waals surface area contributed by atoms with Gasteiger partial charge in [-0.05, 0) is 51.0 Å². The Morgan fingerprint density at radius 2 is 1.46 bits per heavy atom. The Bertz CT molecular complexity index is 536. The molecular formula is C22H34O4. The van der Waals surface area contributed by atoms with Crippen molar-refractivity contribution in [3.05, 3.63) is 35.9 Å². The summed E-state index contributed by atoms with van der Waals surface area (Å²) < 4.78 is 0. The summed E-state index contributed by atoms with van der Waals surface area (Å²) >= 11 is 0. The molecule has 0 aliphatic heterocycles. The molecule has 146 valence electrons. The zero-order valence-corrected chi connectivity index (χ0v) is 16.2. The number of rotatable bonds is 14. The van der Waals surface area contributed by atoms with Crippen molar-refractivity contribution in [2.24, 2.45) is 5.41 Å². The Kier molecular flexibility index (Phi) is 10.0. The second kappa shape index (κ2) is 11.7. The first-order valence-electron chi connectivity index (χ1n) is 9.83. The fourth-order valence-electron chi connectivity index (χ4n) is 3.29. The van der Waals surface area contributed by atoms with Crippen molar-refractivity contribution < 1.29 is 19.8 Å². The van der Waals surface area contributed by atoms with Crippen molar-refractivity contribution >= 4 is 11.9 Å². The molecule has 0 saturated carbocycles. The number of benzene rings is 1. The molecule has 1 aromatic rings. The van der Waals surface area contributed by atoms with Crippen LogP contribution < -0.4 is 0 Å². The Morgan fingerprint density at radius 3 is 2.04 bits per heavy atom. The molecule has 0 aliphatic carbocycles. The Morgan fingerprint density at radius 1 is 0.885 bits per heavy atom. The number of carboxylic acids is 2. The average molecular weight is 363 g/mol. The van der Waals surface area contributed by atoms with Crippen LogP contribution in [0.5, 0.6) is 0 Å². The second-order valence-electron chi connectivity index (χ2n) is 7.89. The minimum atomic E-state index is -0.724. The van der Waals surface area contributed by atoms with Crippen molar-refractivity contribution in [1.29, 1.82) is 0 Å². The lowest BCUT2D eigenvalue weighted by Crippen LogP contribution is -2.23. The number of hydrogen-bond donors (Lipinski definition) is 2. The maximum Gasteiger partial charge on any atom is 0.309 e. The third-order valence-corrected chi connectivity index (χ3v) is 5.15. The van der Waals surface area contributed by atoms with Gasteiger partial charge in [-0.3, -0.25) is 9.59 Å². The van der Waals surface area contributed by atoms with E-state index in [2.05, 4.69) is 24.3 Å². The van der Waals surface area contributed by atoms with Crippen molar-refractivity contribution in [1.82, 2.24) is 0 Å². The first-order chi connectivity index (χ1) is 12.3. The van der Waals surface area contributed by atoms with Gasteiger partial charge < -0.3 is 10.2 Å². The molecule has 2 N–H and O–H groups in total. The number of carboxylic acid groups (broad SMARTS) is 2. The van der Waals surface area contributed by atoms with Crippen LogP contribution >= 0.6 is 0 Å². The maximum absolute atomic E-state index is 11.2. The molecule has 1 unspecified atom stereocenters. The van der Waals surface area contributed by atoms with E-state index < -0.39 is 17.4 Å². The van der Waals surface area contributed by atoms with Crippen LogP contribution in [0.2, 0.25) is 0 Å². The molecule has 0 spiro atoms. The van der Waals surface area contributed by atoms with Crippen LogP contribution in [0.4, 0.5) is 0 Å². The van der Waals surface area contributed by atoms with E-state index in [1.54, 1.807) is 13.8 Å². The summed E-state index contributed by atoms with van der Waals surface area (Å²) in [6.45, 7) is 3.59. The second-order valence-corrected chi connectivity index (χ2v) is 7.89. The molecule has 0 saturated heterocycles. The number of aliphatic carboxylic acids is 2. The summed E-state index contributed by atoms with van der Waals surface area (Å²) in [5, 5.41) is 17.9. The molecule has 1 rings (SSSR count). The third kappa shape index (κ3) is 9.02. The fourth-order valence-corrected chi connectivity index (χ4v) is 3.29. The van der Waals surface area contributed by atoms with Crippen molar-refractivity contribution in [3.8, 4) is 0 Å². The largest absolute Gasteiger partial charge is 0.481 e. The van der Waals surface area contributed by atoms with E-state index in [1.165, 1.54) is 5.56 Å². The summed E-state index contributed by atoms with van der Waals surface area (Å²) in [5.74, 6) is -0.932. The molecular weight excluding hydrogens is 328 g/mol. The van der Waals surface area contributed by atoms with E-state index in [0.717, 1.165) is 51.4 Å². The van der Waals surface area contributed by atoms with Crippen LogP contribution in [0, 0.1) is 5.41 Å². The highest BCUT2D eigenvalue weighted by atomic mass is 16.4. The summed E-state index contributed by atoms with van der Waals surface area (Å²) in [7, 11) is 0. The quantitative estimate of drug-likeness (QED) is 0.406. The molecule has 0 aromatic heterocycles. The average Bonchev–Trinajstić information content (AvgIpc) is 2.60. The lowest BCUT2D eigenvalue weighted by Gasteiger charge is -2.21. The standard InChI is InChI=1S/C22H34O4/c1-22(2,21(25)26)17-11-10-15-19(18-13-7-5-8-14-18)12-6-3-4-9-16-20(23)24/h5,7-8,13-14,19H,3-4,6,9-12,15-17H2,1-2H3,(H,23,24)(H,25,26). The normalized spacial score (nSPS) is 12.7. The van der Waals surface area contributed by atoms with Crippen LogP contribution in [0.15, 0.2) is 30.3 Å². The SMILES string of the molecule is CC(C)(CCCCC(CCCCCCC(=O)O)c1ccccc1)C(=O)O. The number of hydrogen-bond acceptors (Lipinski definition) is 2. The van der Waals surface area contributed by atoms with E-state index in [0.29, 0.717) is 12.3 Å². The van der Waals surface area contributed by atoms with Gasteiger partial charge in [0.1, 0.15) is 0 Å². The van der Waals surface area contributed by atoms with Gasteiger partial charge in [0.25, 0.3) is 0 Å². The molecule has 0 heterocycles. The first kappa shape index (κ1) is 22.2. The molecule has 1 aromatic carbocycles. The maximum atomic E-state index is 11.2. The van der Waals surface area contributed by atoms with Crippen LogP contribution in [0.25, 0.3) is 0 Å². The molecule has 0 radical (unpaired) electrons. The predicted molar refractivity (Wildman–Crippen MR) is 104 cm³/mol. The molecule has 0 bridgehead atoms. The van der Waals surface area contributed by atoms with Gasteiger partial charge >= 0.3 is 11.9 Å². The highest BCUT2D eigenvalue weighted by Gasteiger charge is 2.26. The number of carbonyl (C=O) groups is 2. The monoisotopic (exact) mass is 362 g/mol. The Hall–Kier alpha value is -1.84. The smallest absolute Gasteiger partial charge is 0.309 e. The van der Waals surface area contributed by atoms with Crippen LogP contribution in [0.1, 0.15) is 89.5 Å². The van der Waals surface area contributed by atoms with Gasteiger partial charge in [0.05, 0.1) is 5.41 Å². The van der Waals surface area contributed by atoms with Gasteiger partial charge in [0, 0.05) is 6.42 Å². The van der Waals surface area contributed by atoms with Gasteiger partial charge in [-0.1, -0.05) is 62.4 Å². The van der Waals surface area contributed by atoms with E-state index in [1.807, 2.05) is 6.07 Å². The van der Waals surface area contributed by atoms with Crippen molar-refractivity contribution in [2.45, 2.75) is 84.0 Å².